The molecule has 33 heavy (non-hydrogen) atoms. The first-order valence-electron chi connectivity index (χ1n) is 11.2. The van der Waals surface area contributed by atoms with Crippen molar-refractivity contribution in [2.45, 2.75) is 24.9 Å². The maximum Gasteiger partial charge on any atom is 0.326 e. The fraction of sp³-hybridized carbons (Fsp3) is 0.400. The number of hydrogen-bond acceptors (Lipinski definition) is 5. The Morgan fingerprint density at radius 3 is 2.09 bits per heavy atom. The molecule has 8 nitrogen and oxygen atoms in total. The van der Waals surface area contributed by atoms with Crippen molar-refractivity contribution in [3.8, 4) is 0 Å². The van der Waals surface area contributed by atoms with E-state index in [0.29, 0.717) is 30.9 Å². The molecule has 0 atom stereocenters. The van der Waals surface area contributed by atoms with Crippen molar-refractivity contribution in [2.24, 2.45) is 0 Å². The van der Waals surface area contributed by atoms with Gasteiger partial charge in [0.1, 0.15) is 6.54 Å². The van der Waals surface area contributed by atoms with Crippen LogP contribution in [0.25, 0.3) is 0 Å². The Morgan fingerprint density at radius 1 is 1.00 bits per heavy atom. The summed E-state index contributed by atoms with van der Waals surface area (Å²) in [4.78, 5) is 42.6. The van der Waals surface area contributed by atoms with Crippen LogP contribution < -0.4 is 10.6 Å². The van der Waals surface area contributed by atoms with Crippen molar-refractivity contribution in [3.05, 3.63) is 71.8 Å². The second kappa shape index (κ2) is 9.33. The molecule has 8 heteroatoms. The number of carbonyl (C=O) groups is 3. The highest BCUT2D eigenvalue weighted by atomic mass is 16.5. The summed E-state index contributed by atoms with van der Waals surface area (Å²) >= 11 is 0. The SMILES string of the molecule is CC(C)(CNC(=O)CN1C(=O)NC(c2ccccc2)(c2ccccc2)C1=O)N1CCOCC1. The molecule has 4 rings (SSSR count). The van der Waals surface area contributed by atoms with Gasteiger partial charge in [-0.05, 0) is 25.0 Å². The van der Waals surface area contributed by atoms with Gasteiger partial charge in [-0.2, -0.15) is 0 Å². The second-order valence-corrected chi connectivity index (χ2v) is 8.99. The first-order chi connectivity index (χ1) is 15.8. The summed E-state index contributed by atoms with van der Waals surface area (Å²) in [5.74, 6) is -0.843. The van der Waals surface area contributed by atoms with Crippen LogP contribution in [0.15, 0.2) is 60.7 Å². The van der Waals surface area contributed by atoms with E-state index < -0.39 is 17.5 Å². The van der Waals surface area contributed by atoms with Crippen LogP contribution in [0, 0.1) is 0 Å². The number of morpholine rings is 1. The standard InChI is InChI=1S/C25H30N4O4/c1-24(2,28-13-15-33-16-14-28)18-26-21(30)17-29-22(31)25(27-23(29)32,19-9-5-3-6-10-19)20-11-7-4-8-12-20/h3-12H,13-18H2,1-2H3,(H,26,30)(H,27,32). The minimum atomic E-state index is -1.37. The molecule has 0 spiro atoms. The van der Waals surface area contributed by atoms with Gasteiger partial charge in [-0.3, -0.25) is 19.4 Å². The first kappa shape index (κ1) is 22.9. The predicted molar refractivity (Wildman–Crippen MR) is 123 cm³/mol. The van der Waals surface area contributed by atoms with Gasteiger partial charge in [0, 0.05) is 25.2 Å². The highest BCUT2D eigenvalue weighted by Gasteiger charge is 2.54. The smallest absolute Gasteiger partial charge is 0.326 e. The van der Waals surface area contributed by atoms with Crippen LogP contribution >= 0.6 is 0 Å². The number of urea groups is 1. The molecule has 0 unspecified atom stereocenters. The van der Waals surface area contributed by atoms with E-state index in [-0.39, 0.29) is 18.0 Å². The van der Waals surface area contributed by atoms with E-state index in [1.807, 2.05) is 36.4 Å². The van der Waals surface area contributed by atoms with Gasteiger partial charge in [0.25, 0.3) is 5.91 Å². The van der Waals surface area contributed by atoms with E-state index >= 15 is 0 Å². The number of ether oxygens (including phenoxy) is 1. The molecule has 0 aliphatic carbocycles. The van der Waals surface area contributed by atoms with Crippen molar-refractivity contribution >= 4 is 17.8 Å². The number of amides is 4. The summed E-state index contributed by atoms with van der Waals surface area (Å²) in [6.45, 7) is 7.11. The van der Waals surface area contributed by atoms with Crippen molar-refractivity contribution in [3.63, 3.8) is 0 Å². The largest absolute Gasteiger partial charge is 0.379 e. The zero-order valence-electron chi connectivity index (χ0n) is 19.0. The average molecular weight is 451 g/mol. The topological polar surface area (TPSA) is 91.0 Å². The molecule has 0 saturated carbocycles. The normalized spacial score (nSPS) is 18.8. The molecule has 2 fully saturated rings. The van der Waals surface area contributed by atoms with Crippen LogP contribution in [-0.2, 0) is 19.9 Å². The van der Waals surface area contributed by atoms with Crippen molar-refractivity contribution in [2.75, 3.05) is 39.4 Å². The molecule has 2 aliphatic rings. The van der Waals surface area contributed by atoms with Crippen LogP contribution in [0.5, 0.6) is 0 Å². The fourth-order valence-electron chi connectivity index (χ4n) is 4.45. The molecule has 2 N–H and O–H groups in total. The van der Waals surface area contributed by atoms with E-state index in [9.17, 15) is 14.4 Å². The number of imide groups is 1. The number of nitrogens with one attached hydrogen (secondary N) is 2. The Labute approximate surface area is 193 Å². The highest BCUT2D eigenvalue weighted by molar-refractivity contribution is 6.11. The molecule has 2 heterocycles. The molecule has 0 aromatic heterocycles. The lowest BCUT2D eigenvalue weighted by atomic mass is 9.82. The Kier molecular flexibility index (Phi) is 6.49. The maximum absolute atomic E-state index is 13.7. The lowest BCUT2D eigenvalue weighted by Gasteiger charge is -2.40. The summed E-state index contributed by atoms with van der Waals surface area (Å²) in [6.07, 6.45) is 0. The number of carbonyl (C=O) groups excluding carboxylic acids is 3. The van der Waals surface area contributed by atoms with Crippen LogP contribution in [0.4, 0.5) is 4.79 Å². The molecule has 2 aliphatic heterocycles. The van der Waals surface area contributed by atoms with Gasteiger partial charge in [0.15, 0.2) is 5.54 Å². The number of hydrogen-bond donors (Lipinski definition) is 2. The summed E-state index contributed by atoms with van der Waals surface area (Å²) in [7, 11) is 0. The minimum absolute atomic E-state index is 0.269. The van der Waals surface area contributed by atoms with Gasteiger partial charge < -0.3 is 15.4 Å². The lowest BCUT2D eigenvalue weighted by Crippen LogP contribution is -2.56. The Hall–Kier alpha value is -3.23. The van der Waals surface area contributed by atoms with E-state index in [0.717, 1.165) is 18.0 Å². The molecule has 0 bridgehead atoms. The third kappa shape index (κ3) is 4.49. The summed E-state index contributed by atoms with van der Waals surface area (Å²) in [6, 6.07) is 17.6. The zero-order chi connectivity index (χ0) is 23.5. The third-order valence-electron chi connectivity index (χ3n) is 6.41. The molecule has 2 saturated heterocycles. The Balaban J connectivity index is 1.50. The molecule has 0 radical (unpaired) electrons. The van der Waals surface area contributed by atoms with Crippen LogP contribution in [-0.4, -0.2) is 72.6 Å². The number of benzene rings is 2. The van der Waals surface area contributed by atoms with E-state index in [2.05, 4.69) is 29.4 Å². The highest BCUT2D eigenvalue weighted by Crippen LogP contribution is 2.35. The molecule has 2 aromatic carbocycles. The zero-order valence-corrected chi connectivity index (χ0v) is 19.0. The van der Waals surface area contributed by atoms with Gasteiger partial charge in [0.2, 0.25) is 5.91 Å². The lowest BCUT2D eigenvalue weighted by molar-refractivity contribution is -0.134. The number of nitrogens with zero attached hydrogens (tertiary/aromatic N) is 2. The molecular weight excluding hydrogens is 420 g/mol. The fourth-order valence-corrected chi connectivity index (χ4v) is 4.45. The monoisotopic (exact) mass is 450 g/mol. The van der Waals surface area contributed by atoms with Gasteiger partial charge >= 0.3 is 6.03 Å². The van der Waals surface area contributed by atoms with E-state index in [4.69, 9.17) is 4.74 Å². The summed E-state index contributed by atoms with van der Waals surface area (Å²) in [5.41, 5.74) is -0.349. The van der Waals surface area contributed by atoms with Crippen LogP contribution in [0.2, 0.25) is 0 Å². The van der Waals surface area contributed by atoms with Crippen LogP contribution in [0.1, 0.15) is 25.0 Å². The average Bonchev–Trinajstić information content (AvgIpc) is 3.10. The maximum atomic E-state index is 13.7. The molecular formula is C25H30N4O4. The summed E-state index contributed by atoms with van der Waals surface area (Å²) in [5, 5.41) is 5.76. The van der Waals surface area contributed by atoms with E-state index in [1.54, 1.807) is 24.3 Å². The predicted octanol–water partition coefficient (Wildman–Crippen LogP) is 1.71. The molecule has 4 amide bonds. The quantitative estimate of drug-likeness (QED) is 0.627. The minimum Gasteiger partial charge on any atom is -0.379 e. The third-order valence-corrected chi connectivity index (χ3v) is 6.41. The van der Waals surface area contributed by atoms with Crippen molar-refractivity contribution in [1.82, 2.24) is 20.4 Å². The first-order valence-corrected chi connectivity index (χ1v) is 11.2. The second-order valence-electron chi connectivity index (χ2n) is 8.99. The van der Waals surface area contributed by atoms with Crippen molar-refractivity contribution < 1.29 is 19.1 Å². The van der Waals surface area contributed by atoms with Gasteiger partial charge in [-0.1, -0.05) is 60.7 Å². The summed E-state index contributed by atoms with van der Waals surface area (Å²) < 4.78 is 5.41. The van der Waals surface area contributed by atoms with Crippen molar-refractivity contribution in [1.29, 1.82) is 0 Å². The Bertz CT molecular complexity index is 964. The molecule has 174 valence electrons. The Morgan fingerprint density at radius 2 is 1.55 bits per heavy atom. The van der Waals surface area contributed by atoms with Gasteiger partial charge in [-0.25, -0.2) is 4.79 Å². The van der Waals surface area contributed by atoms with Crippen LogP contribution in [0.3, 0.4) is 0 Å². The van der Waals surface area contributed by atoms with Gasteiger partial charge in [-0.15, -0.1) is 0 Å². The van der Waals surface area contributed by atoms with Gasteiger partial charge in [0.05, 0.1) is 13.2 Å². The molecule has 2 aromatic rings. The number of rotatable bonds is 7. The van der Waals surface area contributed by atoms with E-state index in [1.165, 1.54) is 0 Å².